The standard InChI is InChI=1S/C24H21ClN4O3S2/c1-3-26-18(30)13-33-24-27-20(15-9-5-4-6-10-15)23(34-24)28-22(31)19-14(2)32-29-21(19)16-11-7-8-12-17(16)25/h4-12H,3,13H2,1-2H3,(H,26,30)(H,28,31). The number of carbonyl (C=O) groups excluding carboxylic acids is 2. The van der Waals surface area contributed by atoms with Gasteiger partial charge in [-0.3, -0.25) is 9.59 Å². The molecule has 2 N–H and O–H groups in total. The molecule has 0 aliphatic carbocycles. The van der Waals surface area contributed by atoms with Crippen LogP contribution >= 0.6 is 34.7 Å². The molecule has 0 saturated carbocycles. The van der Waals surface area contributed by atoms with Crippen LogP contribution in [0.1, 0.15) is 23.0 Å². The number of carbonyl (C=O) groups is 2. The van der Waals surface area contributed by atoms with Gasteiger partial charge in [0.15, 0.2) is 4.34 Å². The highest BCUT2D eigenvalue weighted by Crippen LogP contribution is 2.39. The summed E-state index contributed by atoms with van der Waals surface area (Å²) in [6.45, 7) is 4.12. The number of benzene rings is 2. The quantitative estimate of drug-likeness (QED) is 0.285. The van der Waals surface area contributed by atoms with E-state index in [0.29, 0.717) is 49.2 Å². The summed E-state index contributed by atoms with van der Waals surface area (Å²) in [6, 6.07) is 16.7. The molecule has 0 spiro atoms. The van der Waals surface area contributed by atoms with Crippen LogP contribution in [0, 0.1) is 6.92 Å². The van der Waals surface area contributed by atoms with Gasteiger partial charge in [-0.25, -0.2) is 4.98 Å². The Labute approximate surface area is 209 Å². The molecule has 2 aromatic heterocycles. The molecule has 2 heterocycles. The van der Waals surface area contributed by atoms with E-state index in [1.54, 1.807) is 19.1 Å². The lowest BCUT2D eigenvalue weighted by Crippen LogP contribution is -2.24. The predicted octanol–water partition coefficient (Wildman–Crippen LogP) is 5.91. The zero-order valence-corrected chi connectivity index (χ0v) is 20.8. The van der Waals surface area contributed by atoms with Crippen molar-refractivity contribution in [2.45, 2.75) is 18.2 Å². The number of hydrogen-bond acceptors (Lipinski definition) is 7. The van der Waals surface area contributed by atoms with E-state index in [0.717, 1.165) is 5.56 Å². The molecule has 7 nitrogen and oxygen atoms in total. The molecule has 0 saturated heterocycles. The lowest BCUT2D eigenvalue weighted by atomic mass is 10.1. The van der Waals surface area contributed by atoms with Crippen molar-refractivity contribution in [1.82, 2.24) is 15.5 Å². The van der Waals surface area contributed by atoms with E-state index in [9.17, 15) is 9.59 Å². The van der Waals surface area contributed by atoms with Crippen molar-refractivity contribution < 1.29 is 14.1 Å². The summed E-state index contributed by atoms with van der Waals surface area (Å²) in [4.78, 5) is 30.0. The minimum absolute atomic E-state index is 0.0703. The molecule has 2 amide bonds. The average Bonchev–Trinajstić information content (AvgIpc) is 3.42. The number of nitrogens with one attached hydrogen (secondary N) is 2. The first-order valence-corrected chi connectivity index (χ1v) is 12.6. The maximum Gasteiger partial charge on any atom is 0.262 e. The van der Waals surface area contributed by atoms with Crippen LogP contribution in [-0.4, -0.2) is 34.3 Å². The molecule has 0 unspecified atom stereocenters. The summed E-state index contributed by atoms with van der Waals surface area (Å²) >= 11 is 8.98. The lowest BCUT2D eigenvalue weighted by molar-refractivity contribution is -0.118. The van der Waals surface area contributed by atoms with Gasteiger partial charge in [0, 0.05) is 17.7 Å². The van der Waals surface area contributed by atoms with Crippen LogP contribution in [0.4, 0.5) is 5.00 Å². The molecular weight excluding hydrogens is 492 g/mol. The van der Waals surface area contributed by atoms with Gasteiger partial charge in [0.2, 0.25) is 5.91 Å². The van der Waals surface area contributed by atoms with E-state index in [-0.39, 0.29) is 17.6 Å². The molecule has 174 valence electrons. The number of thiazole rings is 1. The fraction of sp³-hybridized carbons (Fsp3) is 0.167. The number of anilines is 1. The van der Waals surface area contributed by atoms with Gasteiger partial charge in [0.25, 0.3) is 5.91 Å². The van der Waals surface area contributed by atoms with Crippen LogP contribution in [0.25, 0.3) is 22.5 Å². The summed E-state index contributed by atoms with van der Waals surface area (Å²) in [7, 11) is 0. The minimum Gasteiger partial charge on any atom is -0.360 e. The van der Waals surface area contributed by atoms with E-state index in [2.05, 4.69) is 15.8 Å². The van der Waals surface area contributed by atoms with Gasteiger partial charge in [-0.15, -0.1) is 0 Å². The molecule has 0 radical (unpaired) electrons. The Morgan fingerprint density at radius 2 is 1.82 bits per heavy atom. The van der Waals surface area contributed by atoms with E-state index in [4.69, 9.17) is 21.1 Å². The molecule has 10 heteroatoms. The molecule has 4 aromatic rings. The van der Waals surface area contributed by atoms with Gasteiger partial charge in [0.05, 0.1) is 10.8 Å². The van der Waals surface area contributed by atoms with E-state index >= 15 is 0 Å². The fourth-order valence-electron chi connectivity index (χ4n) is 3.26. The van der Waals surface area contributed by atoms with E-state index < -0.39 is 0 Å². The maximum atomic E-state index is 13.4. The van der Waals surface area contributed by atoms with E-state index in [1.807, 2.05) is 49.4 Å². The number of amides is 2. The number of rotatable bonds is 8. The van der Waals surface area contributed by atoms with Gasteiger partial charge >= 0.3 is 0 Å². The normalized spacial score (nSPS) is 10.8. The second-order valence-electron chi connectivity index (χ2n) is 7.16. The Morgan fingerprint density at radius 3 is 2.56 bits per heavy atom. The third kappa shape index (κ3) is 5.32. The molecule has 0 aliphatic heterocycles. The zero-order chi connectivity index (χ0) is 24.1. The monoisotopic (exact) mass is 512 g/mol. The molecule has 34 heavy (non-hydrogen) atoms. The highest BCUT2D eigenvalue weighted by Gasteiger charge is 2.25. The largest absolute Gasteiger partial charge is 0.360 e. The van der Waals surface area contributed by atoms with Crippen LogP contribution in [-0.2, 0) is 4.79 Å². The Hall–Kier alpha value is -3.14. The molecule has 0 fully saturated rings. The molecule has 4 rings (SSSR count). The average molecular weight is 513 g/mol. The third-order valence-corrected chi connectivity index (χ3v) is 7.24. The van der Waals surface area contributed by atoms with E-state index in [1.165, 1.54) is 23.1 Å². The Bertz CT molecular complexity index is 1320. The topological polar surface area (TPSA) is 97.1 Å². The SMILES string of the molecule is CCNC(=O)CSc1nc(-c2ccccc2)c(NC(=O)c2c(-c3ccccc3Cl)noc2C)s1. The van der Waals surface area contributed by atoms with Gasteiger partial charge < -0.3 is 15.2 Å². The number of aromatic nitrogens is 2. The van der Waals surface area contributed by atoms with Crippen molar-refractivity contribution in [2.75, 3.05) is 17.6 Å². The first-order chi connectivity index (χ1) is 16.5. The second kappa shape index (κ2) is 10.9. The third-order valence-electron chi connectivity index (χ3n) is 4.80. The smallest absolute Gasteiger partial charge is 0.262 e. The number of aryl methyl sites for hydroxylation is 1. The molecule has 0 bridgehead atoms. The summed E-state index contributed by atoms with van der Waals surface area (Å²) in [5.41, 5.74) is 2.77. The number of thioether (sulfide) groups is 1. The van der Waals surface area contributed by atoms with Crippen LogP contribution in [0.3, 0.4) is 0 Å². The van der Waals surface area contributed by atoms with Crippen LogP contribution in [0.5, 0.6) is 0 Å². The van der Waals surface area contributed by atoms with Crippen molar-refractivity contribution in [3.8, 4) is 22.5 Å². The van der Waals surface area contributed by atoms with Crippen molar-refractivity contribution in [2.24, 2.45) is 0 Å². The molecule has 0 aliphatic rings. The summed E-state index contributed by atoms with van der Waals surface area (Å²) in [5.74, 6) is 0.169. The number of nitrogens with zero attached hydrogens (tertiary/aromatic N) is 2. The first-order valence-electron chi connectivity index (χ1n) is 10.5. The first kappa shape index (κ1) is 24.0. The minimum atomic E-state index is -0.380. The summed E-state index contributed by atoms with van der Waals surface area (Å²) in [6.07, 6.45) is 0. The lowest BCUT2D eigenvalue weighted by Gasteiger charge is -2.07. The van der Waals surface area contributed by atoms with Gasteiger partial charge in [-0.05, 0) is 19.9 Å². The number of halogens is 1. The highest BCUT2D eigenvalue weighted by molar-refractivity contribution is 8.01. The van der Waals surface area contributed by atoms with Crippen LogP contribution < -0.4 is 10.6 Å². The fourth-order valence-corrected chi connectivity index (χ4v) is 5.37. The molecular formula is C24H21ClN4O3S2. The molecule has 2 aromatic carbocycles. The van der Waals surface area contributed by atoms with Gasteiger partial charge in [-0.1, -0.05) is 88.4 Å². The maximum absolute atomic E-state index is 13.4. The number of hydrogen-bond donors (Lipinski definition) is 2. The zero-order valence-electron chi connectivity index (χ0n) is 18.4. The highest BCUT2D eigenvalue weighted by atomic mass is 35.5. The predicted molar refractivity (Wildman–Crippen MR) is 137 cm³/mol. The summed E-state index contributed by atoms with van der Waals surface area (Å²) in [5, 5.41) is 10.9. The Morgan fingerprint density at radius 1 is 1.09 bits per heavy atom. The van der Waals surface area contributed by atoms with Crippen molar-refractivity contribution in [1.29, 1.82) is 0 Å². The van der Waals surface area contributed by atoms with Gasteiger partial charge in [-0.2, -0.15) is 0 Å². The van der Waals surface area contributed by atoms with Crippen molar-refractivity contribution in [3.05, 3.63) is 70.9 Å². The second-order valence-corrected chi connectivity index (χ2v) is 9.79. The van der Waals surface area contributed by atoms with Crippen LogP contribution in [0.15, 0.2) is 63.5 Å². The Balaban J connectivity index is 1.66. The van der Waals surface area contributed by atoms with Crippen molar-refractivity contribution >= 4 is 51.5 Å². The van der Waals surface area contributed by atoms with Crippen molar-refractivity contribution in [3.63, 3.8) is 0 Å². The Kier molecular flexibility index (Phi) is 7.66. The molecule has 0 atom stereocenters. The summed E-state index contributed by atoms with van der Waals surface area (Å²) < 4.78 is 6.02. The van der Waals surface area contributed by atoms with Gasteiger partial charge in [0.1, 0.15) is 27.7 Å². The van der Waals surface area contributed by atoms with Crippen LogP contribution in [0.2, 0.25) is 5.02 Å².